The van der Waals surface area contributed by atoms with Crippen molar-refractivity contribution in [3.63, 3.8) is 0 Å². The van der Waals surface area contributed by atoms with Crippen molar-refractivity contribution in [3.8, 4) is 0 Å². The van der Waals surface area contributed by atoms with Gasteiger partial charge in [0.1, 0.15) is 0 Å². The molecule has 5 nitrogen and oxygen atoms in total. The fourth-order valence-electron chi connectivity index (χ4n) is 1.69. The van der Waals surface area contributed by atoms with Crippen LogP contribution in [-0.2, 0) is 9.47 Å². The lowest BCUT2D eigenvalue weighted by Gasteiger charge is -2.08. The number of methoxy groups -OCH3 is 2. The number of esters is 2. The maximum Gasteiger partial charge on any atom is 0.338 e. The molecular weight excluding hydrogens is 234 g/mol. The summed E-state index contributed by atoms with van der Waals surface area (Å²) in [5.41, 5.74) is 0.355. The van der Waals surface area contributed by atoms with E-state index in [1.54, 1.807) is 30.6 Å². The fraction of sp³-hybridized carbons (Fsp3) is 0.154. The fourth-order valence-corrected chi connectivity index (χ4v) is 1.69. The summed E-state index contributed by atoms with van der Waals surface area (Å²) >= 11 is 0. The van der Waals surface area contributed by atoms with Gasteiger partial charge in [0.05, 0.1) is 25.3 Å². The van der Waals surface area contributed by atoms with Crippen LogP contribution in [0.15, 0.2) is 30.6 Å². The van der Waals surface area contributed by atoms with Crippen molar-refractivity contribution in [1.82, 2.24) is 4.98 Å². The van der Waals surface area contributed by atoms with E-state index >= 15 is 0 Å². The standard InChI is InChI=1S/C13H11NO4/c1-17-12(15)10-5-8-3-4-14-7-9(8)6-11(10)13(16)18-2/h3-7H,1-2H3. The highest BCUT2D eigenvalue weighted by Crippen LogP contribution is 2.20. The number of carbonyl (C=O) groups excluding carboxylic acids is 2. The Morgan fingerprint density at radius 3 is 2.11 bits per heavy atom. The number of ether oxygens (including phenoxy) is 2. The van der Waals surface area contributed by atoms with Crippen molar-refractivity contribution < 1.29 is 19.1 Å². The second-order valence-electron chi connectivity index (χ2n) is 3.60. The molecular formula is C13H11NO4. The van der Waals surface area contributed by atoms with Crippen LogP contribution in [0.25, 0.3) is 10.8 Å². The molecule has 18 heavy (non-hydrogen) atoms. The summed E-state index contributed by atoms with van der Waals surface area (Å²) in [4.78, 5) is 27.3. The van der Waals surface area contributed by atoms with Crippen LogP contribution in [0.3, 0.4) is 0 Å². The number of pyridine rings is 1. The summed E-state index contributed by atoms with van der Waals surface area (Å²) in [6.45, 7) is 0. The minimum Gasteiger partial charge on any atom is -0.465 e. The van der Waals surface area contributed by atoms with Crippen LogP contribution in [0.5, 0.6) is 0 Å². The topological polar surface area (TPSA) is 65.5 Å². The van der Waals surface area contributed by atoms with E-state index in [0.29, 0.717) is 0 Å². The maximum atomic E-state index is 11.7. The van der Waals surface area contributed by atoms with Crippen LogP contribution in [-0.4, -0.2) is 31.1 Å². The van der Waals surface area contributed by atoms with Gasteiger partial charge in [0.15, 0.2) is 0 Å². The summed E-state index contributed by atoms with van der Waals surface area (Å²) in [6.07, 6.45) is 3.23. The van der Waals surface area contributed by atoms with Crippen molar-refractivity contribution in [2.75, 3.05) is 14.2 Å². The van der Waals surface area contributed by atoms with Gasteiger partial charge < -0.3 is 9.47 Å². The second-order valence-corrected chi connectivity index (χ2v) is 3.60. The van der Waals surface area contributed by atoms with Crippen molar-refractivity contribution in [3.05, 3.63) is 41.7 Å². The Morgan fingerprint density at radius 1 is 1.00 bits per heavy atom. The molecule has 1 aromatic carbocycles. The van der Waals surface area contributed by atoms with Crippen LogP contribution in [0, 0.1) is 0 Å². The molecule has 2 aromatic rings. The number of fused-ring (bicyclic) bond motifs is 1. The zero-order valence-electron chi connectivity index (χ0n) is 9.97. The summed E-state index contributed by atoms with van der Waals surface area (Å²) in [5.74, 6) is -1.16. The van der Waals surface area contributed by atoms with Crippen molar-refractivity contribution in [2.24, 2.45) is 0 Å². The molecule has 92 valence electrons. The van der Waals surface area contributed by atoms with E-state index < -0.39 is 11.9 Å². The first kappa shape index (κ1) is 12.0. The molecule has 0 aliphatic heterocycles. The van der Waals surface area contributed by atoms with Gasteiger partial charge in [0.25, 0.3) is 0 Å². The SMILES string of the molecule is COC(=O)c1cc2ccncc2cc1C(=O)OC. The zero-order chi connectivity index (χ0) is 13.1. The number of rotatable bonds is 2. The molecule has 0 bridgehead atoms. The average Bonchev–Trinajstić information content (AvgIpc) is 2.44. The highest BCUT2D eigenvalue weighted by atomic mass is 16.5. The lowest BCUT2D eigenvalue weighted by atomic mass is 10.0. The molecule has 0 aliphatic rings. The zero-order valence-corrected chi connectivity index (χ0v) is 9.97. The smallest absolute Gasteiger partial charge is 0.338 e. The van der Waals surface area contributed by atoms with Crippen LogP contribution in [0.2, 0.25) is 0 Å². The number of hydrogen-bond donors (Lipinski definition) is 0. The molecule has 0 atom stereocenters. The average molecular weight is 245 g/mol. The molecule has 0 aliphatic carbocycles. The maximum absolute atomic E-state index is 11.7. The van der Waals surface area contributed by atoms with Gasteiger partial charge in [-0.2, -0.15) is 0 Å². The molecule has 0 fully saturated rings. The van der Waals surface area contributed by atoms with Crippen LogP contribution in [0.1, 0.15) is 20.7 Å². The first-order valence-corrected chi connectivity index (χ1v) is 5.21. The lowest BCUT2D eigenvalue weighted by Crippen LogP contribution is -2.11. The third kappa shape index (κ3) is 2.02. The third-order valence-corrected chi connectivity index (χ3v) is 2.59. The highest BCUT2D eigenvalue weighted by molar-refractivity contribution is 6.07. The monoisotopic (exact) mass is 245 g/mol. The minimum atomic E-state index is -0.582. The number of aromatic nitrogens is 1. The lowest BCUT2D eigenvalue weighted by molar-refractivity contribution is 0.0555. The number of hydrogen-bond acceptors (Lipinski definition) is 5. The Hall–Kier alpha value is -2.43. The normalized spacial score (nSPS) is 10.1. The number of nitrogens with zero attached hydrogens (tertiary/aromatic N) is 1. The molecule has 5 heteroatoms. The van der Waals surface area contributed by atoms with E-state index in [1.165, 1.54) is 14.2 Å². The first-order chi connectivity index (χ1) is 8.67. The van der Waals surface area contributed by atoms with E-state index in [4.69, 9.17) is 0 Å². The Balaban J connectivity index is 2.71. The van der Waals surface area contributed by atoms with E-state index in [2.05, 4.69) is 14.5 Å². The van der Waals surface area contributed by atoms with E-state index in [1.807, 2.05) is 0 Å². The van der Waals surface area contributed by atoms with E-state index in [-0.39, 0.29) is 11.1 Å². The predicted molar refractivity (Wildman–Crippen MR) is 64.4 cm³/mol. The number of carbonyl (C=O) groups is 2. The molecule has 0 amide bonds. The molecule has 0 spiro atoms. The molecule has 0 N–H and O–H groups in total. The minimum absolute atomic E-state index is 0.171. The second kappa shape index (κ2) is 4.83. The van der Waals surface area contributed by atoms with Gasteiger partial charge >= 0.3 is 11.9 Å². The summed E-state index contributed by atoms with van der Waals surface area (Å²) in [5, 5.41) is 1.56. The molecule has 0 radical (unpaired) electrons. The van der Waals surface area contributed by atoms with Crippen LogP contribution < -0.4 is 0 Å². The quantitative estimate of drug-likeness (QED) is 0.755. The number of benzene rings is 1. The predicted octanol–water partition coefficient (Wildman–Crippen LogP) is 1.81. The van der Waals surface area contributed by atoms with E-state index in [0.717, 1.165) is 10.8 Å². The van der Waals surface area contributed by atoms with Gasteiger partial charge in [-0.05, 0) is 23.6 Å². The van der Waals surface area contributed by atoms with Crippen molar-refractivity contribution in [1.29, 1.82) is 0 Å². The van der Waals surface area contributed by atoms with Gasteiger partial charge in [-0.3, -0.25) is 4.98 Å². The van der Waals surface area contributed by atoms with Gasteiger partial charge in [0.2, 0.25) is 0 Å². The van der Waals surface area contributed by atoms with Gasteiger partial charge in [-0.15, -0.1) is 0 Å². The Kier molecular flexibility index (Phi) is 3.23. The van der Waals surface area contributed by atoms with Crippen LogP contribution >= 0.6 is 0 Å². The van der Waals surface area contributed by atoms with Crippen LogP contribution in [0.4, 0.5) is 0 Å². The molecule has 1 heterocycles. The van der Waals surface area contributed by atoms with Crippen molar-refractivity contribution in [2.45, 2.75) is 0 Å². The Labute approximate surface area is 103 Å². The molecule has 1 aromatic heterocycles. The summed E-state index contributed by atoms with van der Waals surface area (Å²) in [7, 11) is 2.52. The molecule has 2 rings (SSSR count). The Bertz CT molecular complexity index is 567. The summed E-state index contributed by atoms with van der Waals surface area (Å²) < 4.78 is 9.31. The molecule has 0 saturated heterocycles. The van der Waals surface area contributed by atoms with Crippen molar-refractivity contribution >= 4 is 22.7 Å². The van der Waals surface area contributed by atoms with E-state index in [9.17, 15) is 9.59 Å². The van der Waals surface area contributed by atoms with Gasteiger partial charge in [0, 0.05) is 17.8 Å². The molecule has 0 saturated carbocycles. The van der Waals surface area contributed by atoms with Gasteiger partial charge in [-0.1, -0.05) is 0 Å². The van der Waals surface area contributed by atoms with Gasteiger partial charge in [-0.25, -0.2) is 9.59 Å². The largest absolute Gasteiger partial charge is 0.465 e. The highest BCUT2D eigenvalue weighted by Gasteiger charge is 2.19. The molecule has 0 unspecified atom stereocenters. The Morgan fingerprint density at radius 2 is 1.56 bits per heavy atom. The first-order valence-electron chi connectivity index (χ1n) is 5.21. The summed E-state index contributed by atoms with van der Waals surface area (Å²) in [6, 6.07) is 4.92. The third-order valence-electron chi connectivity index (χ3n) is 2.59.